The van der Waals surface area contributed by atoms with Crippen molar-refractivity contribution >= 4 is 11.2 Å². The van der Waals surface area contributed by atoms with Crippen molar-refractivity contribution in [3.63, 3.8) is 0 Å². The number of rotatable bonds is 2. The molecule has 1 aliphatic rings. The molecule has 1 aliphatic heterocycles. The molecule has 0 spiro atoms. The summed E-state index contributed by atoms with van der Waals surface area (Å²) in [5.41, 5.74) is 2.03. The van der Waals surface area contributed by atoms with Gasteiger partial charge in [-0.3, -0.25) is 0 Å². The Morgan fingerprint density at radius 1 is 1.47 bits per heavy atom. The fraction of sp³-hybridized carbons (Fsp3) is 0.538. The van der Waals surface area contributed by atoms with E-state index in [2.05, 4.69) is 28.7 Å². The summed E-state index contributed by atoms with van der Waals surface area (Å²) in [6.45, 7) is 7.51. The van der Waals surface area contributed by atoms with Crippen molar-refractivity contribution in [1.29, 1.82) is 0 Å². The Morgan fingerprint density at radius 3 is 3.06 bits per heavy atom. The highest BCUT2D eigenvalue weighted by Gasteiger charge is 2.29. The number of pyridine rings is 1. The van der Waals surface area contributed by atoms with Gasteiger partial charge in [0.05, 0.1) is 0 Å². The first-order chi connectivity index (χ1) is 8.31. The third-order valence-corrected chi connectivity index (χ3v) is 3.70. The molecule has 2 atom stereocenters. The lowest BCUT2D eigenvalue weighted by atomic mass is 9.97. The Labute approximate surface area is 101 Å². The van der Waals surface area contributed by atoms with Gasteiger partial charge in [-0.2, -0.15) is 0 Å². The zero-order chi connectivity index (χ0) is 11.8. The molecule has 4 nitrogen and oxygen atoms in total. The van der Waals surface area contributed by atoms with Gasteiger partial charge in [0.2, 0.25) is 0 Å². The van der Waals surface area contributed by atoms with E-state index in [9.17, 15) is 0 Å². The number of imidazole rings is 1. The number of hydrogen-bond donors (Lipinski definition) is 1. The first kappa shape index (κ1) is 10.7. The molecule has 0 radical (unpaired) electrons. The molecular formula is C13H18N4. The Kier molecular flexibility index (Phi) is 2.59. The van der Waals surface area contributed by atoms with Crippen LogP contribution in [0, 0.1) is 5.92 Å². The second-order valence-electron chi connectivity index (χ2n) is 4.80. The first-order valence-electron chi connectivity index (χ1n) is 6.33. The molecule has 0 bridgehead atoms. The maximum Gasteiger partial charge on any atom is 0.159 e. The van der Waals surface area contributed by atoms with Gasteiger partial charge >= 0.3 is 0 Å². The summed E-state index contributed by atoms with van der Waals surface area (Å²) < 4.78 is 2.25. The molecule has 3 heterocycles. The van der Waals surface area contributed by atoms with Crippen LogP contribution in [0.4, 0.5) is 0 Å². The lowest BCUT2D eigenvalue weighted by Gasteiger charge is -2.15. The summed E-state index contributed by atoms with van der Waals surface area (Å²) in [5.74, 6) is 2.36. The summed E-state index contributed by atoms with van der Waals surface area (Å²) in [6.07, 6.45) is 1.84. The Balaban J connectivity index is 2.15. The molecule has 2 aromatic rings. The second-order valence-corrected chi connectivity index (χ2v) is 4.80. The molecular weight excluding hydrogens is 212 g/mol. The molecule has 1 fully saturated rings. The average molecular weight is 230 g/mol. The number of aromatic nitrogens is 3. The van der Waals surface area contributed by atoms with E-state index in [4.69, 9.17) is 4.98 Å². The van der Waals surface area contributed by atoms with Crippen LogP contribution in [-0.2, 0) is 6.54 Å². The zero-order valence-corrected chi connectivity index (χ0v) is 10.3. The number of hydrogen-bond acceptors (Lipinski definition) is 3. The normalized spacial score (nSPS) is 24.6. The predicted molar refractivity (Wildman–Crippen MR) is 68.0 cm³/mol. The van der Waals surface area contributed by atoms with Gasteiger partial charge in [-0.25, -0.2) is 9.97 Å². The van der Waals surface area contributed by atoms with Crippen LogP contribution in [0.15, 0.2) is 18.3 Å². The number of fused-ring (bicyclic) bond motifs is 1. The van der Waals surface area contributed by atoms with Crippen LogP contribution >= 0.6 is 0 Å². The Hall–Kier alpha value is -1.42. The van der Waals surface area contributed by atoms with Gasteiger partial charge < -0.3 is 9.88 Å². The van der Waals surface area contributed by atoms with Crippen molar-refractivity contribution < 1.29 is 0 Å². The van der Waals surface area contributed by atoms with E-state index in [-0.39, 0.29) is 0 Å². The van der Waals surface area contributed by atoms with Gasteiger partial charge in [0.25, 0.3) is 0 Å². The first-order valence-corrected chi connectivity index (χ1v) is 6.33. The van der Waals surface area contributed by atoms with Gasteiger partial charge in [0, 0.05) is 25.2 Å². The van der Waals surface area contributed by atoms with E-state index < -0.39 is 0 Å². The van der Waals surface area contributed by atoms with Crippen LogP contribution in [0.25, 0.3) is 11.2 Å². The average Bonchev–Trinajstić information content (AvgIpc) is 2.91. The van der Waals surface area contributed by atoms with Crippen molar-refractivity contribution in [2.45, 2.75) is 26.3 Å². The van der Waals surface area contributed by atoms with Crippen molar-refractivity contribution in [2.75, 3.05) is 13.1 Å². The Bertz CT molecular complexity index is 531. The lowest BCUT2D eigenvalue weighted by molar-refractivity contribution is 0.521. The quantitative estimate of drug-likeness (QED) is 0.855. The summed E-state index contributed by atoms with van der Waals surface area (Å²) in [7, 11) is 0. The summed E-state index contributed by atoms with van der Waals surface area (Å²) in [6, 6.07) is 4.00. The molecule has 1 saturated heterocycles. The van der Waals surface area contributed by atoms with Gasteiger partial charge in [0.15, 0.2) is 5.65 Å². The van der Waals surface area contributed by atoms with Crippen LogP contribution < -0.4 is 5.32 Å². The van der Waals surface area contributed by atoms with Crippen LogP contribution in [0.1, 0.15) is 25.6 Å². The smallest absolute Gasteiger partial charge is 0.159 e. The van der Waals surface area contributed by atoms with Crippen molar-refractivity contribution in [3.8, 4) is 0 Å². The third-order valence-electron chi connectivity index (χ3n) is 3.70. The van der Waals surface area contributed by atoms with E-state index in [0.29, 0.717) is 11.8 Å². The van der Waals surface area contributed by atoms with Gasteiger partial charge in [-0.05, 0) is 31.5 Å². The minimum absolute atomic E-state index is 0.518. The SMILES string of the molecule is CCn1c(C2CNCC2C)nc2cccnc21. The predicted octanol–water partition coefficient (Wildman–Crippen LogP) is 1.77. The highest BCUT2D eigenvalue weighted by Crippen LogP contribution is 2.29. The molecule has 2 unspecified atom stereocenters. The highest BCUT2D eigenvalue weighted by atomic mass is 15.1. The molecule has 0 saturated carbocycles. The topological polar surface area (TPSA) is 42.7 Å². The fourth-order valence-corrected chi connectivity index (χ4v) is 2.73. The minimum atomic E-state index is 0.518. The summed E-state index contributed by atoms with van der Waals surface area (Å²) in [4.78, 5) is 9.23. The molecule has 4 heteroatoms. The third kappa shape index (κ3) is 1.63. The maximum absolute atomic E-state index is 4.78. The van der Waals surface area contributed by atoms with E-state index in [1.54, 1.807) is 0 Å². The van der Waals surface area contributed by atoms with Gasteiger partial charge in [0.1, 0.15) is 11.3 Å². The molecule has 1 N–H and O–H groups in total. The van der Waals surface area contributed by atoms with E-state index in [1.807, 2.05) is 18.3 Å². The van der Waals surface area contributed by atoms with Crippen molar-refractivity contribution in [3.05, 3.63) is 24.2 Å². The fourth-order valence-electron chi connectivity index (χ4n) is 2.73. The van der Waals surface area contributed by atoms with Crippen molar-refractivity contribution in [1.82, 2.24) is 19.9 Å². The van der Waals surface area contributed by atoms with Crippen LogP contribution in [0.3, 0.4) is 0 Å². The molecule has 90 valence electrons. The molecule has 17 heavy (non-hydrogen) atoms. The molecule has 0 aliphatic carbocycles. The van der Waals surface area contributed by atoms with Crippen LogP contribution in [-0.4, -0.2) is 27.6 Å². The van der Waals surface area contributed by atoms with E-state index >= 15 is 0 Å². The summed E-state index contributed by atoms with van der Waals surface area (Å²) >= 11 is 0. The number of nitrogens with zero attached hydrogens (tertiary/aromatic N) is 3. The van der Waals surface area contributed by atoms with Crippen LogP contribution in [0.5, 0.6) is 0 Å². The monoisotopic (exact) mass is 230 g/mol. The molecule has 3 rings (SSSR count). The zero-order valence-electron chi connectivity index (χ0n) is 10.3. The molecule has 0 amide bonds. The molecule has 2 aromatic heterocycles. The van der Waals surface area contributed by atoms with Crippen LogP contribution in [0.2, 0.25) is 0 Å². The van der Waals surface area contributed by atoms with E-state index in [1.165, 1.54) is 5.82 Å². The largest absolute Gasteiger partial charge is 0.316 e. The standard InChI is InChI=1S/C13H18N4/c1-3-17-12(10-8-14-7-9(10)2)16-11-5-4-6-15-13(11)17/h4-6,9-10,14H,3,7-8H2,1-2H3. The number of nitrogens with one attached hydrogen (secondary N) is 1. The van der Waals surface area contributed by atoms with E-state index in [0.717, 1.165) is 30.8 Å². The maximum atomic E-state index is 4.78. The minimum Gasteiger partial charge on any atom is -0.316 e. The van der Waals surface area contributed by atoms with Gasteiger partial charge in [-0.1, -0.05) is 6.92 Å². The van der Waals surface area contributed by atoms with Gasteiger partial charge in [-0.15, -0.1) is 0 Å². The Morgan fingerprint density at radius 2 is 2.35 bits per heavy atom. The van der Waals surface area contributed by atoms with Crippen molar-refractivity contribution in [2.24, 2.45) is 5.92 Å². The second kappa shape index (κ2) is 4.11. The highest BCUT2D eigenvalue weighted by molar-refractivity contribution is 5.71. The summed E-state index contributed by atoms with van der Waals surface area (Å²) in [5, 5.41) is 3.44. The molecule has 0 aromatic carbocycles. The lowest BCUT2D eigenvalue weighted by Crippen LogP contribution is -2.14. The number of aryl methyl sites for hydroxylation is 1.